The second-order valence-electron chi connectivity index (χ2n) is 8.24. The summed E-state index contributed by atoms with van der Waals surface area (Å²) in [5.74, 6) is -0.720. The highest BCUT2D eigenvalue weighted by atomic mass is 19.1. The minimum Gasteiger partial charge on any atom is -0.494 e. The van der Waals surface area contributed by atoms with Gasteiger partial charge in [-0.2, -0.15) is 0 Å². The molecule has 4 rings (SSSR count). The second kappa shape index (κ2) is 10.6. The Labute approximate surface area is 208 Å². The fourth-order valence-electron chi connectivity index (χ4n) is 4.09. The lowest BCUT2D eigenvalue weighted by Gasteiger charge is -2.15. The van der Waals surface area contributed by atoms with Crippen LogP contribution < -0.4 is 14.8 Å². The van der Waals surface area contributed by atoms with Crippen LogP contribution >= 0.6 is 0 Å². The van der Waals surface area contributed by atoms with E-state index in [0.29, 0.717) is 35.7 Å². The van der Waals surface area contributed by atoms with Crippen LogP contribution in [0.1, 0.15) is 31.9 Å². The molecular formula is C29H27F2NO4. The molecule has 3 aromatic carbocycles. The molecule has 186 valence electrons. The first kappa shape index (κ1) is 25.0. The van der Waals surface area contributed by atoms with E-state index in [1.165, 1.54) is 12.1 Å². The van der Waals surface area contributed by atoms with Gasteiger partial charge in [-0.25, -0.2) is 8.78 Å². The fourth-order valence-corrected chi connectivity index (χ4v) is 4.09. The van der Waals surface area contributed by atoms with Gasteiger partial charge >= 0.3 is 0 Å². The Morgan fingerprint density at radius 1 is 1.03 bits per heavy atom. The van der Waals surface area contributed by atoms with Crippen LogP contribution in [-0.2, 0) is 4.79 Å². The van der Waals surface area contributed by atoms with E-state index in [0.717, 1.165) is 40.0 Å². The Bertz CT molecular complexity index is 1440. The SMILES string of the molecule is CCOc1ccc(-c2coc3c(C)c(OCC)c(/C(C)=C/C(=O)Nc4ccc(F)cc4F)cc23)cc1. The summed E-state index contributed by atoms with van der Waals surface area (Å²) < 4.78 is 44.6. The number of hydrogen-bond donors (Lipinski definition) is 1. The molecule has 0 bridgehead atoms. The first-order valence-electron chi connectivity index (χ1n) is 11.7. The molecule has 1 N–H and O–H groups in total. The van der Waals surface area contributed by atoms with E-state index < -0.39 is 17.5 Å². The minimum atomic E-state index is -0.847. The lowest BCUT2D eigenvalue weighted by molar-refractivity contribution is -0.111. The quantitative estimate of drug-likeness (QED) is 0.259. The molecule has 0 atom stereocenters. The van der Waals surface area contributed by atoms with Crippen molar-refractivity contribution in [2.24, 2.45) is 0 Å². The highest BCUT2D eigenvalue weighted by Crippen LogP contribution is 2.41. The topological polar surface area (TPSA) is 60.7 Å². The molecule has 0 fully saturated rings. The molecular weight excluding hydrogens is 464 g/mol. The average Bonchev–Trinajstić information content (AvgIpc) is 3.27. The van der Waals surface area contributed by atoms with E-state index in [2.05, 4.69) is 5.32 Å². The Morgan fingerprint density at radius 3 is 2.42 bits per heavy atom. The maximum absolute atomic E-state index is 14.0. The molecule has 7 heteroatoms. The number of halogens is 2. The van der Waals surface area contributed by atoms with Crippen molar-refractivity contribution in [3.05, 3.63) is 83.6 Å². The maximum atomic E-state index is 14.0. The third-order valence-electron chi connectivity index (χ3n) is 5.77. The molecule has 0 aliphatic rings. The first-order chi connectivity index (χ1) is 17.3. The maximum Gasteiger partial charge on any atom is 0.248 e. The molecule has 4 aromatic rings. The molecule has 0 aliphatic heterocycles. The number of carbonyl (C=O) groups excluding carboxylic acids is 1. The van der Waals surface area contributed by atoms with Gasteiger partial charge in [0.25, 0.3) is 0 Å². The van der Waals surface area contributed by atoms with Crippen LogP contribution in [0.2, 0.25) is 0 Å². The lowest BCUT2D eigenvalue weighted by Crippen LogP contribution is -2.10. The van der Waals surface area contributed by atoms with E-state index in [1.54, 1.807) is 13.2 Å². The van der Waals surface area contributed by atoms with Crippen LogP contribution in [0.5, 0.6) is 11.5 Å². The number of anilines is 1. The predicted octanol–water partition coefficient (Wildman–Crippen LogP) is 7.53. The van der Waals surface area contributed by atoms with E-state index in [-0.39, 0.29) is 5.69 Å². The number of allylic oxidation sites excluding steroid dienone is 1. The number of aryl methyl sites for hydroxylation is 1. The van der Waals surface area contributed by atoms with Crippen molar-refractivity contribution in [3.63, 3.8) is 0 Å². The summed E-state index contributed by atoms with van der Waals surface area (Å²) in [6.07, 6.45) is 3.07. The first-order valence-corrected chi connectivity index (χ1v) is 11.7. The number of hydrogen-bond acceptors (Lipinski definition) is 4. The number of nitrogens with one attached hydrogen (secondary N) is 1. The summed E-state index contributed by atoms with van der Waals surface area (Å²) in [4.78, 5) is 12.7. The van der Waals surface area contributed by atoms with E-state index in [1.807, 2.05) is 51.1 Å². The van der Waals surface area contributed by atoms with Gasteiger partial charge in [-0.1, -0.05) is 12.1 Å². The van der Waals surface area contributed by atoms with Crippen molar-refractivity contribution in [1.82, 2.24) is 0 Å². The van der Waals surface area contributed by atoms with Gasteiger partial charge in [0.15, 0.2) is 0 Å². The Kier molecular flexibility index (Phi) is 7.38. The van der Waals surface area contributed by atoms with Gasteiger partial charge in [0, 0.05) is 34.2 Å². The zero-order valence-electron chi connectivity index (χ0n) is 20.6. The zero-order valence-corrected chi connectivity index (χ0v) is 20.6. The molecule has 0 saturated heterocycles. The third-order valence-corrected chi connectivity index (χ3v) is 5.77. The highest BCUT2D eigenvalue weighted by Gasteiger charge is 2.19. The number of rotatable bonds is 8. The fraction of sp³-hybridized carbons (Fsp3) is 0.207. The van der Waals surface area contributed by atoms with Crippen molar-refractivity contribution >= 4 is 28.1 Å². The van der Waals surface area contributed by atoms with Gasteiger partial charge in [0.1, 0.15) is 28.7 Å². The average molecular weight is 492 g/mol. The smallest absolute Gasteiger partial charge is 0.248 e. The molecule has 0 aliphatic carbocycles. The highest BCUT2D eigenvalue weighted by molar-refractivity contribution is 6.06. The van der Waals surface area contributed by atoms with Crippen LogP contribution in [-0.4, -0.2) is 19.1 Å². The standard InChI is InChI=1S/C29H27F2NO4/c1-5-34-21-10-7-19(8-11-21)24-16-36-29-18(4)28(35-6-2)22(15-23(24)29)17(3)13-27(33)32-26-12-9-20(30)14-25(26)31/h7-16H,5-6H2,1-4H3,(H,32,33)/b17-13+. The van der Waals surface area contributed by atoms with Crippen molar-refractivity contribution in [3.8, 4) is 22.6 Å². The number of furan rings is 1. The van der Waals surface area contributed by atoms with E-state index >= 15 is 0 Å². The predicted molar refractivity (Wildman–Crippen MR) is 137 cm³/mol. The van der Waals surface area contributed by atoms with E-state index in [4.69, 9.17) is 13.9 Å². The molecule has 0 spiro atoms. The largest absolute Gasteiger partial charge is 0.494 e. The van der Waals surface area contributed by atoms with Crippen molar-refractivity contribution in [2.45, 2.75) is 27.7 Å². The van der Waals surface area contributed by atoms with Gasteiger partial charge in [-0.3, -0.25) is 4.79 Å². The molecule has 1 heterocycles. The molecule has 0 radical (unpaired) electrons. The summed E-state index contributed by atoms with van der Waals surface area (Å²) in [6.45, 7) is 8.51. The van der Waals surface area contributed by atoms with Gasteiger partial charge in [0.2, 0.25) is 5.91 Å². The summed E-state index contributed by atoms with van der Waals surface area (Å²) >= 11 is 0. The van der Waals surface area contributed by atoms with Crippen LogP contribution in [0.4, 0.5) is 14.5 Å². The van der Waals surface area contributed by atoms with Crippen molar-refractivity contribution in [2.75, 3.05) is 18.5 Å². The minimum absolute atomic E-state index is 0.102. The molecule has 0 saturated carbocycles. The van der Waals surface area contributed by atoms with Crippen LogP contribution in [0.15, 0.2) is 65.3 Å². The number of amides is 1. The Morgan fingerprint density at radius 2 is 1.75 bits per heavy atom. The summed E-state index contributed by atoms with van der Waals surface area (Å²) in [7, 11) is 0. The van der Waals surface area contributed by atoms with Crippen molar-refractivity contribution < 1.29 is 27.5 Å². The Hall–Kier alpha value is -4.13. The molecule has 1 amide bonds. The number of benzene rings is 3. The normalized spacial score (nSPS) is 11.6. The van der Waals surface area contributed by atoms with Gasteiger partial charge in [0.05, 0.1) is 25.2 Å². The van der Waals surface area contributed by atoms with Crippen LogP contribution in [0, 0.1) is 18.6 Å². The molecule has 1 aromatic heterocycles. The van der Waals surface area contributed by atoms with E-state index in [9.17, 15) is 13.6 Å². The summed E-state index contributed by atoms with van der Waals surface area (Å²) in [5, 5.41) is 3.33. The molecule has 36 heavy (non-hydrogen) atoms. The number of carbonyl (C=O) groups is 1. The van der Waals surface area contributed by atoms with Gasteiger partial charge < -0.3 is 19.2 Å². The number of fused-ring (bicyclic) bond motifs is 1. The van der Waals surface area contributed by atoms with Crippen molar-refractivity contribution in [1.29, 1.82) is 0 Å². The van der Waals surface area contributed by atoms with Gasteiger partial charge in [-0.15, -0.1) is 0 Å². The second-order valence-corrected chi connectivity index (χ2v) is 8.24. The lowest BCUT2D eigenvalue weighted by atomic mass is 9.96. The monoisotopic (exact) mass is 491 g/mol. The molecule has 0 unspecified atom stereocenters. The van der Waals surface area contributed by atoms with Gasteiger partial charge in [-0.05, 0) is 69.2 Å². The zero-order chi connectivity index (χ0) is 25.8. The number of ether oxygens (including phenoxy) is 2. The summed E-state index contributed by atoms with van der Waals surface area (Å²) in [6, 6.07) is 12.7. The summed E-state index contributed by atoms with van der Waals surface area (Å²) in [5.41, 5.74) is 4.57. The third kappa shape index (κ3) is 5.10. The molecule has 5 nitrogen and oxygen atoms in total. The van der Waals surface area contributed by atoms with Crippen LogP contribution in [0.25, 0.3) is 27.7 Å². The Balaban J connectivity index is 1.75. The van der Waals surface area contributed by atoms with Crippen LogP contribution in [0.3, 0.4) is 0 Å².